The van der Waals surface area contributed by atoms with Crippen molar-refractivity contribution in [2.75, 3.05) is 24.7 Å². The number of hydrogen-bond donors (Lipinski definition) is 3. The summed E-state index contributed by atoms with van der Waals surface area (Å²) in [6, 6.07) is 5.06. The van der Waals surface area contributed by atoms with Gasteiger partial charge >= 0.3 is 0 Å². The van der Waals surface area contributed by atoms with Crippen LogP contribution in [0.4, 0.5) is 14.5 Å². The van der Waals surface area contributed by atoms with Crippen LogP contribution in [0.1, 0.15) is 21.2 Å². The van der Waals surface area contributed by atoms with Crippen LogP contribution in [0.25, 0.3) is 11.4 Å². The van der Waals surface area contributed by atoms with Gasteiger partial charge in [-0.05, 0) is 12.1 Å². The van der Waals surface area contributed by atoms with E-state index in [0.717, 1.165) is 34.6 Å². The number of morpholine rings is 1. The molecule has 0 spiro atoms. The third-order valence-electron chi connectivity index (χ3n) is 4.97. The minimum absolute atomic E-state index is 0.00913. The summed E-state index contributed by atoms with van der Waals surface area (Å²) in [4.78, 5) is 30.2. The Hall–Kier alpha value is -3.48. The molecule has 5 N–H and O–H groups in total. The molecule has 1 fully saturated rings. The number of carbonyl (C=O) groups excluding carboxylic acids is 2. The number of anilines is 1. The van der Waals surface area contributed by atoms with Gasteiger partial charge in [0.25, 0.3) is 11.8 Å². The van der Waals surface area contributed by atoms with Gasteiger partial charge in [0.15, 0.2) is 5.82 Å². The molecule has 4 rings (SSSR count). The molecule has 0 unspecified atom stereocenters. The van der Waals surface area contributed by atoms with E-state index in [1.165, 1.54) is 10.8 Å². The van der Waals surface area contributed by atoms with Crippen molar-refractivity contribution >= 4 is 46.1 Å². The number of benzene rings is 1. The summed E-state index contributed by atoms with van der Waals surface area (Å²) in [6.07, 6.45) is 2.48. The number of thiophene rings is 1. The fourth-order valence-corrected chi connectivity index (χ4v) is 4.32. The zero-order valence-corrected chi connectivity index (χ0v) is 19.1. The molecule has 0 atom stereocenters. The monoisotopic (exact) mass is 508 g/mol. The van der Waals surface area contributed by atoms with E-state index in [4.69, 9.17) is 27.8 Å². The van der Waals surface area contributed by atoms with Crippen LogP contribution < -0.4 is 21.7 Å². The largest absolute Gasteiger partial charge is 0.403 e. The first-order valence-corrected chi connectivity index (χ1v) is 11.1. The molecule has 0 saturated carbocycles. The summed E-state index contributed by atoms with van der Waals surface area (Å²) in [6.45, 7) is 0.0908. The summed E-state index contributed by atoms with van der Waals surface area (Å²) in [7, 11) is 0. The second kappa shape index (κ2) is 9.79. The number of ether oxygens (including phenoxy) is 1. The Balaban J connectivity index is 1.65. The molecule has 3 aromatic rings. The van der Waals surface area contributed by atoms with E-state index < -0.39 is 17.5 Å². The lowest BCUT2D eigenvalue weighted by molar-refractivity contribution is -0.125. The number of nitrogens with one attached hydrogen (secondary N) is 1. The van der Waals surface area contributed by atoms with Crippen LogP contribution in [-0.2, 0) is 16.1 Å². The molecule has 178 valence electrons. The number of imidazole rings is 1. The summed E-state index contributed by atoms with van der Waals surface area (Å²) >= 11 is 6.97. The second-order valence-electron chi connectivity index (χ2n) is 7.19. The number of nitrogens with two attached hydrogens (primary N) is 2. The number of rotatable bonds is 6. The van der Waals surface area contributed by atoms with Crippen LogP contribution in [0.5, 0.6) is 0 Å². The number of aromatic nitrogens is 2. The first-order chi connectivity index (χ1) is 16.3. The van der Waals surface area contributed by atoms with Crippen LogP contribution in [0, 0.1) is 11.6 Å². The van der Waals surface area contributed by atoms with Crippen molar-refractivity contribution in [2.24, 2.45) is 11.5 Å². The Kier molecular flexibility index (Phi) is 6.82. The summed E-state index contributed by atoms with van der Waals surface area (Å²) in [5.74, 6) is -2.42. The molecule has 0 radical (unpaired) electrons. The molecule has 1 aromatic carbocycles. The van der Waals surface area contributed by atoms with Gasteiger partial charge in [-0.2, -0.15) is 0 Å². The number of nitrogens with zero attached hydrogens (tertiary/aromatic N) is 3. The molecule has 0 aliphatic carbocycles. The predicted molar refractivity (Wildman–Crippen MR) is 124 cm³/mol. The summed E-state index contributed by atoms with van der Waals surface area (Å²) < 4.78 is 36.8. The van der Waals surface area contributed by atoms with Gasteiger partial charge in [0.1, 0.15) is 18.2 Å². The first-order valence-electron chi connectivity index (χ1n) is 9.95. The van der Waals surface area contributed by atoms with Crippen molar-refractivity contribution in [1.29, 1.82) is 0 Å². The topological polar surface area (TPSA) is 128 Å². The average Bonchev–Trinajstić information content (AvgIpc) is 3.45. The van der Waals surface area contributed by atoms with Crippen LogP contribution in [0.15, 0.2) is 36.7 Å². The molecule has 1 aliphatic heterocycles. The molecular weight excluding hydrogens is 490 g/mol. The Morgan fingerprint density at radius 1 is 1.29 bits per heavy atom. The fourth-order valence-electron chi connectivity index (χ4n) is 3.36. The maximum absolute atomic E-state index is 15.1. The van der Waals surface area contributed by atoms with Gasteiger partial charge in [-0.25, -0.2) is 13.8 Å². The molecule has 2 aromatic heterocycles. The highest BCUT2D eigenvalue weighted by Gasteiger charge is 2.25. The molecule has 34 heavy (non-hydrogen) atoms. The lowest BCUT2D eigenvalue weighted by Gasteiger charge is -2.27. The van der Waals surface area contributed by atoms with Gasteiger partial charge in [0.05, 0.1) is 45.1 Å². The minimum Gasteiger partial charge on any atom is -0.403 e. The van der Waals surface area contributed by atoms with Gasteiger partial charge in [-0.3, -0.25) is 14.2 Å². The average molecular weight is 509 g/mol. The Morgan fingerprint density at radius 3 is 2.71 bits per heavy atom. The third-order valence-corrected chi connectivity index (χ3v) is 6.20. The molecule has 1 aliphatic rings. The highest BCUT2D eigenvalue weighted by Crippen LogP contribution is 2.28. The second-order valence-corrected chi connectivity index (χ2v) is 8.90. The van der Waals surface area contributed by atoms with E-state index in [-0.39, 0.29) is 55.1 Å². The smallest absolute Gasteiger partial charge is 0.261 e. The van der Waals surface area contributed by atoms with E-state index in [9.17, 15) is 14.0 Å². The zero-order chi connectivity index (χ0) is 24.4. The zero-order valence-electron chi connectivity index (χ0n) is 17.6. The molecule has 3 heterocycles. The third kappa shape index (κ3) is 4.74. The molecular formula is C21H19ClF2N6O3S. The molecule has 9 nitrogen and oxygen atoms in total. The fraction of sp³-hybridized carbons (Fsp3) is 0.190. The molecule has 1 saturated heterocycles. The van der Waals surface area contributed by atoms with E-state index in [1.54, 1.807) is 12.1 Å². The van der Waals surface area contributed by atoms with Gasteiger partial charge in [-0.1, -0.05) is 11.6 Å². The highest BCUT2D eigenvalue weighted by atomic mass is 35.5. The Morgan fingerprint density at radius 2 is 2.03 bits per heavy atom. The van der Waals surface area contributed by atoms with Crippen LogP contribution in [0.3, 0.4) is 0 Å². The van der Waals surface area contributed by atoms with Crippen molar-refractivity contribution in [3.63, 3.8) is 0 Å². The number of carbonyl (C=O) groups is 2. The Labute approximate surface area is 201 Å². The predicted octanol–water partition coefficient (Wildman–Crippen LogP) is 2.37. The first kappa shape index (κ1) is 23.7. The minimum atomic E-state index is -0.817. The van der Waals surface area contributed by atoms with E-state index >= 15 is 4.39 Å². The lowest BCUT2D eigenvalue weighted by atomic mass is 10.2. The molecule has 2 amide bonds. The lowest BCUT2D eigenvalue weighted by Crippen LogP contribution is -2.42. The van der Waals surface area contributed by atoms with Gasteiger partial charge < -0.3 is 26.4 Å². The molecule has 0 bridgehead atoms. The van der Waals surface area contributed by atoms with Crippen LogP contribution >= 0.6 is 22.9 Å². The maximum atomic E-state index is 15.1. The van der Waals surface area contributed by atoms with Crippen molar-refractivity contribution in [3.8, 4) is 5.69 Å². The van der Waals surface area contributed by atoms with Crippen LogP contribution in [-0.4, -0.2) is 41.1 Å². The summed E-state index contributed by atoms with van der Waals surface area (Å²) in [5.41, 5.74) is 11.4. The number of amides is 2. The van der Waals surface area contributed by atoms with E-state index in [0.29, 0.717) is 14.9 Å². The van der Waals surface area contributed by atoms with Crippen LogP contribution in [0.2, 0.25) is 4.34 Å². The Bertz CT molecular complexity index is 1290. The standard InChI is InChI=1S/C21H19ClF2N6O3S/c22-18-2-1-17(34-18)21(32)27-8-11-9-30(20(28-11)14(26)7-25)16-6-12(23)15(5-13(16)24)29-3-4-33-10-19(29)31/h1-2,5-7,9H,3-4,8,10,25-26H2,(H,27,32)/b14-7-. The van der Waals surface area contributed by atoms with Crippen molar-refractivity contribution < 1.29 is 23.1 Å². The van der Waals surface area contributed by atoms with Gasteiger partial charge in [-0.15, -0.1) is 11.3 Å². The highest BCUT2D eigenvalue weighted by molar-refractivity contribution is 7.17. The molecule has 13 heteroatoms. The quantitative estimate of drug-likeness (QED) is 0.469. The SMILES string of the molecule is N/C=C(\N)c1nc(CNC(=O)c2ccc(Cl)s2)cn1-c1cc(F)c(N2CCOCC2=O)cc1F. The van der Waals surface area contributed by atoms with Crippen molar-refractivity contribution in [1.82, 2.24) is 14.9 Å². The maximum Gasteiger partial charge on any atom is 0.261 e. The number of hydrogen-bond acceptors (Lipinski definition) is 7. The van der Waals surface area contributed by atoms with Crippen molar-refractivity contribution in [3.05, 3.63) is 69.0 Å². The van der Waals surface area contributed by atoms with E-state index in [2.05, 4.69) is 10.3 Å². The summed E-state index contributed by atoms with van der Waals surface area (Å²) in [5, 5.41) is 2.68. The van der Waals surface area contributed by atoms with Crippen molar-refractivity contribution in [2.45, 2.75) is 6.54 Å². The normalized spacial score (nSPS) is 14.5. The number of halogens is 3. The van der Waals surface area contributed by atoms with Gasteiger partial charge in [0.2, 0.25) is 0 Å². The van der Waals surface area contributed by atoms with E-state index in [1.807, 2.05) is 0 Å². The van der Waals surface area contributed by atoms with Gasteiger partial charge in [0, 0.05) is 31.1 Å².